The number of hydrogen-bond acceptors (Lipinski definition) is 3. The van der Waals surface area contributed by atoms with Crippen LogP contribution in [0.4, 0.5) is 0 Å². The molecule has 104 valence electrons. The molecule has 0 aliphatic heterocycles. The van der Waals surface area contributed by atoms with Crippen LogP contribution in [-0.2, 0) is 21.4 Å². The van der Waals surface area contributed by atoms with E-state index in [1.807, 2.05) is 0 Å². The Bertz CT molecular complexity index is 536. The minimum absolute atomic E-state index is 0.122. The first-order valence-electron chi connectivity index (χ1n) is 5.89. The molecule has 0 saturated carbocycles. The number of amides is 1. The van der Waals surface area contributed by atoms with E-state index in [0.29, 0.717) is 19.5 Å². The molecule has 0 heterocycles. The summed E-state index contributed by atoms with van der Waals surface area (Å²) >= 11 is 0. The molecule has 0 spiro atoms. The number of rotatable bonds is 7. The molecule has 1 rings (SSSR count). The van der Waals surface area contributed by atoms with Crippen molar-refractivity contribution in [3.05, 3.63) is 42.5 Å². The Morgan fingerprint density at radius 3 is 2.47 bits per heavy atom. The smallest absolute Gasteiger partial charge is 0.240 e. The van der Waals surface area contributed by atoms with Gasteiger partial charge >= 0.3 is 0 Å². The lowest BCUT2D eigenvalue weighted by Gasteiger charge is -2.07. The van der Waals surface area contributed by atoms with Gasteiger partial charge in [-0.25, -0.2) is 13.1 Å². The Hall–Kier alpha value is -1.66. The molecule has 0 bridgehead atoms. The highest BCUT2D eigenvalue weighted by atomic mass is 32.2. The Kier molecular flexibility index (Phi) is 5.72. The molecule has 5 nitrogen and oxygen atoms in total. The van der Waals surface area contributed by atoms with Crippen LogP contribution in [0.5, 0.6) is 0 Å². The van der Waals surface area contributed by atoms with E-state index in [9.17, 15) is 13.2 Å². The fourth-order valence-electron chi connectivity index (χ4n) is 1.39. The predicted molar refractivity (Wildman–Crippen MR) is 74.0 cm³/mol. The van der Waals surface area contributed by atoms with Gasteiger partial charge < -0.3 is 5.32 Å². The maximum Gasteiger partial charge on any atom is 0.240 e. The van der Waals surface area contributed by atoms with E-state index in [1.54, 1.807) is 18.2 Å². The molecule has 1 amide bonds. The number of carbonyl (C=O) groups excluding carboxylic acids is 1. The standard InChI is InChI=1S/C13H18N2O3S/c1-3-4-9-15-19(17,18)13-7-5-12(6-8-13)10-14-11(2)16/h3,5-8,15H,1,4,9-10H2,2H3,(H,14,16). The van der Waals surface area contributed by atoms with Crippen molar-refractivity contribution in [2.24, 2.45) is 0 Å². The number of sulfonamides is 1. The van der Waals surface area contributed by atoms with E-state index >= 15 is 0 Å². The molecule has 0 aliphatic carbocycles. The summed E-state index contributed by atoms with van der Waals surface area (Å²) in [6.07, 6.45) is 2.24. The van der Waals surface area contributed by atoms with Crippen LogP contribution in [0.25, 0.3) is 0 Å². The molecule has 0 saturated heterocycles. The van der Waals surface area contributed by atoms with Gasteiger partial charge in [-0.3, -0.25) is 4.79 Å². The number of hydrogen-bond donors (Lipinski definition) is 2. The van der Waals surface area contributed by atoms with Crippen LogP contribution in [-0.4, -0.2) is 20.9 Å². The van der Waals surface area contributed by atoms with Crippen LogP contribution in [0.1, 0.15) is 18.9 Å². The molecule has 1 aromatic carbocycles. The van der Waals surface area contributed by atoms with Gasteiger partial charge in [0.1, 0.15) is 0 Å². The maximum absolute atomic E-state index is 11.9. The second-order valence-electron chi connectivity index (χ2n) is 4.03. The van der Waals surface area contributed by atoms with Crippen LogP contribution < -0.4 is 10.0 Å². The van der Waals surface area contributed by atoms with Crippen molar-refractivity contribution in [2.75, 3.05) is 6.54 Å². The maximum atomic E-state index is 11.9. The molecular formula is C13H18N2O3S. The van der Waals surface area contributed by atoms with Crippen molar-refractivity contribution in [2.45, 2.75) is 24.8 Å². The van der Waals surface area contributed by atoms with Gasteiger partial charge in [-0.2, -0.15) is 0 Å². The van der Waals surface area contributed by atoms with Gasteiger partial charge in [-0.1, -0.05) is 18.2 Å². The van der Waals surface area contributed by atoms with E-state index in [2.05, 4.69) is 16.6 Å². The van der Waals surface area contributed by atoms with E-state index in [0.717, 1.165) is 5.56 Å². The van der Waals surface area contributed by atoms with Gasteiger partial charge in [-0.15, -0.1) is 6.58 Å². The van der Waals surface area contributed by atoms with Crippen molar-refractivity contribution < 1.29 is 13.2 Å². The summed E-state index contributed by atoms with van der Waals surface area (Å²) in [5.41, 5.74) is 0.847. The highest BCUT2D eigenvalue weighted by molar-refractivity contribution is 7.89. The predicted octanol–water partition coefficient (Wildman–Crippen LogP) is 1.18. The second-order valence-corrected chi connectivity index (χ2v) is 5.80. The number of nitrogens with one attached hydrogen (secondary N) is 2. The minimum Gasteiger partial charge on any atom is -0.352 e. The highest BCUT2D eigenvalue weighted by Crippen LogP contribution is 2.10. The SMILES string of the molecule is C=CCCNS(=O)(=O)c1ccc(CNC(C)=O)cc1. The first kappa shape index (κ1) is 15.4. The average molecular weight is 282 g/mol. The number of carbonyl (C=O) groups is 1. The van der Waals surface area contributed by atoms with Crippen molar-refractivity contribution in [3.8, 4) is 0 Å². The first-order chi connectivity index (χ1) is 8.95. The minimum atomic E-state index is -3.47. The summed E-state index contributed by atoms with van der Waals surface area (Å²) in [4.78, 5) is 11.0. The zero-order valence-electron chi connectivity index (χ0n) is 10.8. The Balaban J connectivity index is 2.69. The Labute approximate surface area is 113 Å². The third-order valence-corrected chi connectivity index (χ3v) is 3.89. The van der Waals surface area contributed by atoms with E-state index < -0.39 is 10.0 Å². The lowest BCUT2D eigenvalue weighted by molar-refractivity contribution is -0.119. The topological polar surface area (TPSA) is 75.3 Å². The molecule has 6 heteroatoms. The fraction of sp³-hybridized carbons (Fsp3) is 0.308. The molecule has 0 unspecified atom stereocenters. The van der Waals surface area contributed by atoms with Crippen molar-refractivity contribution in [1.29, 1.82) is 0 Å². The van der Waals surface area contributed by atoms with Gasteiger partial charge in [0.05, 0.1) is 4.90 Å². The van der Waals surface area contributed by atoms with Crippen LogP contribution in [0.15, 0.2) is 41.8 Å². The summed E-state index contributed by atoms with van der Waals surface area (Å²) in [5, 5.41) is 2.65. The molecule has 0 radical (unpaired) electrons. The molecule has 19 heavy (non-hydrogen) atoms. The molecule has 0 aromatic heterocycles. The van der Waals surface area contributed by atoms with Crippen LogP contribution in [0.3, 0.4) is 0 Å². The quantitative estimate of drug-likeness (QED) is 0.582. The van der Waals surface area contributed by atoms with Crippen LogP contribution in [0.2, 0.25) is 0 Å². The summed E-state index contributed by atoms with van der Waals surface area (Å²) in [6, 6.07) is 6.40. The van der Waals surface area contributed by atoms with Crippen LogP contribution in [0, 0.1) is 0 Å². The molecule has 0 fully saturated rings. The van der Waals surface area contributed by atoms with E-state index in [1.165, 1.54) is 19.1 Å². The highest BCUT2D eigenvalue weighted by Gasteiger charge is 2.12. The average Bonchev–Trinajstić information content (AvgIpc) is 2.37. The van der Waals surface area contributed by atoms with Gasteiger partial charge in [0.15, 0.2) is 0 Å². The van der Waals surface area contributed by atoms with Crippen molar-refractivity contribution in [1.82, 2.24) is 10.0 Å². The Morgan fingerprint density at radius 1 is 1.32 bits per heavy atom. The fourth-order valence-corrected chi connectivity index (χ4v) is 2.44. The largest absolute Gasteiger partial charge is 0.352 e. The summed E-state index contributed by atoms with van der Waals surface area (Å²) in [5.74, 6) is -0.122. The summed E-state index contributed by atoms with van der Waals surface area (Å²) < 4.78 is 26.2. The van der Waals surface area contributed by atoms with Gasteiger partial charge in [0.25, 0.3) is 0 Å². The molecule has 1 aromatic rings. The normalized spacial score (nSPS) is 11.0. The Morgan fingerprint density at radius 2 is 1.95 bits per heavy atom. The van der Waals surface area contributed by atoms with Gasteiger partial charge in [-0.05, 0) is 24.1 Å². The summed E-state index contributed by atoms with van der Waals surface area (Å²) in [6.45, 7) is 5.68. The third kappa shape index (κ3) is 5.23. The first-order valence-corrected chi connectivity index (χ1v) is 7.38. The van der Waals surface area contributed by atoms with Crippen molar-refractivity contribution >= 4 is 15.9 Å². The molecule has 0 atom stereocenters. The van der Waals surface area contributed by atoms with Crippen LogP contribution >= 0.6 is 0 Å². The van der Waals surface area contributed by atoms with Gasteiger partial charge in [0.2, 0.25) is 15.9 Å². The lowest BCUT2D eigenvalue weighted by Crippen LogP contribution is -2.24. The molecule has 2 N–H and O–H groups in total. The lowest BCUT2D eigenvalue weighted by atomic mass is 10.2. The van der Waals surface area contributed by atoms with Gasteiger partial charge in [0, 0.05) is 20.0 Å². The number of benzene rings is 1. The monoisotopic (exact) mass is 282 g/mol. The molecular weight excluding hydrogens is 264 g/mol. The van der Waals surface area contributed by atoms with E-state index in [-0.39, 0.29) is 10.8 Å². The third-order valence-electron chi connectivity index (χ3n) is 2.42. The second kappa shape index (κ2) is 7.06. The zero-order chi connectivity index (χ0) is 14.3. The summed E-state index contributed by atoms with van der Waals surface area (Å²) in [7, 11) is -3.47. The van der Waals surface area contributed by atoms with Crippen molar-refractivity contribution in [3.63, 3.8) is 0 Å². The zero-order valence-corrected chi connectivity index (χ0v) is 11.7. The van der Waals surface area contributed by atoms with E-state index in [4.69, 9.17) is 0 Å². The molecule has 0 aliphatic rings.